The van der Waals surface area contributed by atoms with Gasteiger partial charge in [-0.3, -0.25) is 9.59 Å². The standard InChI is InChI=1S/C15H19FN2O3/c16-13-4-2-1-3-12(13)15(21)17-11-5-8-18(9-6-11)10-7-14(19)20/h1-4,11H,5-10H2,(H,17,21)(H,19,20). The van der Waals surface area contributed by atoms with Crippen LogP contribution in [0.1, 0.15) is 29.6 Å². The molecule has 2 rings (SSSR count). The van der Waals surface area contributed by atoms with Gasteiger partial charge in [0.05, 0.1) is 12.0 Å². The second-order valence-electron chi connectivity index (χ2n) is 5.21. The van der Waals surface area contributed by atoms with Crippen molar-refractivity contribution in [1.29, 1.82) is 0 Å². The molecule has 0 saturated carbocycles. The largest absolute Gasteiger partial charge is 0.481 e. The van der Waals surface area contributed by atoms with Crippen molar-refractivity contribution in [1.82, 2.24) is 10.2 Å². The minimum absolute atomic E-state index is 0.0122. The number of piperidine rings is 1. The molecule has 0 unspecified atom stereocenters. The van der Waals surface area contributed by atoms with Gasteiger partial charge in [0, 0.05) is 25.7 Å². The van der Waals surface area contributed by atoms with Crippen molar-refractivity contribution < 1.29 is 19.1 Å². The number of hydrogen-bond donors (Lipinski definition) is 2. The molecule has 1 aliphatic heterocycles. The van der Waals surface area contributed by atoms with Crippen LogP contribution in [-0.2, 0) is 4.79 Å². The molecule has 0 bridgehead atoms. The Morgan fingerprint density at radius 1 is 1.29 bits per heavy atom. The van der Waals surface area contributed by atoms with Crippen LogP contribution < -0.4 is 5.32 Å². The lowest BCUT2D eigenvalue weighted by molar-refractivity contribution is -0.137. The first-order chi connectivity index (χ1) is 10.1. The van der Waals surface area contributed by atoms with Crippen LogP contribution in [-0.4, -0.2) is 47.6 Å². The van der Waals surface area contributed by atoms with Crippen LogP contribution in [0.3, 0.4) is 0 Å². The molecule has 0 aliphatic carbocycles. The van der Waals surface area contributed by atoms with Crippen molar-refractivity contribution in [2.45, 2.75) is 25.3 Å². The lowest BCUT2D eigenvalue weighted by Gasteiger charge is -2.32. The SMILES string of the molecule is O=C(O)CCN1CCC(NC(=O)c2ccccc2F)CC1. The van der Waals surface area contributed by atoms with E-state index >= 15 is 0 Å². The van der Waals surface area contributed by atoms with E-state index in [-0.39, 0.29) is 18.0 Å². The van der Waals surface area contributed by atoms with Crippen molar-refractivity contribution in [3.63, 3.8) is 0 Å². The summed E-state index contributed by atoms with van der Waals surface area (Å²) < 4.78 is 13.5. The lowest BCUT2D eigenvalue weighted by atomic mass is 10.0. The van der Waals surface area contributed by atoms with Crippen molar-refractivity contribution in [3.8, 4) is 0 Å². The normalized spacial score (nSPS) is 16.6. The summed E-state index contributed by atoms with van der Waals surface area (Å²) in [6, 6.07) is 5.92. The molecule has 1 aromatic carbocycles. The first-order valence-corrected chi connectivity index (χ1v) is 7.06. The van der Waals surface area contributed by atoms with Gasteiger partial charge in [-0.25, -0.2) is 4.39 Å². The molecule has 0 atom stereocenters. The second-order valence-corrected chi connectivity index (χ2v) is 5.21. The van der Waals surface area contributed by atoms with Crippen molar-refractivity contribution in [2.24, 2.45) is 0 Å². The fourth-order valence-electron chi connectivity index (χ4n) is 2.46. The maximum Gasteiger partial charge on any atom is 0.304 e. The van der Waals surface area contributed by atoms with Crippen molar-refractivity contribution >= 4 is 11.9 Å². The number of nitrogens with zero attached hydrogens (tertiary/aromatic N) is 1. The van der Waals surface area contributed by atoms with E-state index in [4.69, 9.17) is 5.11 Å². The monoisotopic (exact) mass is 294 g/mol. The predicted molar refractivity (Wildman–Crippen MR) is 75.6 cm³/mol. The molecule has 5 nitrogen and oxygen atoms in total. The number of carbonyl (C=O) groups excluding carboxylic acids is 1. The molecule has 1 heterocycles. The van der Waals surface area contributed by atoms with E-state index in [9.17, 15) is 14.0 Å². The number of amides is 1. The van der Waals surface area contributed by atoms with Crippen LogP contribution in [0, 0.1) is 5.82 Å². The van der Waals surface area contributed by atoms with Crippen LogP contribution in [0.15, 0.2) is 24.3 Å². The maximum absolute atomic E-state index is 13.5. The van der Waals surface area contributed by atoms with E-state index < -0.39 is 17.7 Å². The topological polar surface area (TPSA) is 69.6 Å². The molecule has 0 spiro atoms. The number of rotatable bonds is 5. The van der Waals surface area contributed by atoms with Gasteiger partial charge in [0.25, 0.3) is 5.91 Å². The summed E-state index contributed by atoms with van der Waals surface area (Å²) in [5, 5.41) is 11.5. The molecule has 21 heavy (non-hydrogen) atoms. The molecule has 114 valence electrons. The highest BCUT2D eigenvalue weighted by Crippen LogP contribution is 2.13. The second kappa shape index (κ2) is 7.17. The molecule has 1 aliphatic rings. The molecule has 0 aromatic heterocycles. The van der Waals surface area contributed by atoms with Crippen LogP contribution in [0.2, 0.25) is 0 Å². The summed E-state index contributed by atoms with van der Waals surface area (Å²) in [7, 11) is 0. The summed E-state index contributed by atoms with van der Waals surface area (Å²) in [6.07, 6.45) is 1.63. The highest BCUT2D eigenvalue weighted by molar-refractivity contribution is 5.94. The predicted octanol–water partition coefficient (Wildman–Crippen LogP) is 1.49. The number of halogens is 1. The quantitative estimate of drug-likeness (QED) is 0.863. The number of aliphatic carboxylic acids is 1. The van der Waals surface area contributed by atoms with E-state index in [1.807, 2.05) is 0 Å². The number of nitrogens with one attached hydrogen (secondary N) is 1. The first kappa shape index (κ1) is 15.4. The minimum atomic E-state index is -0.801. The molecule has 0 radical (unpaired) electrons. The smallest absolute Gasteiger partial charge is 0.304 e. The van der Waals surface area contributed by atoms with Gasteiger partial charge in [-0.2, -0.15) is 0 Å². The maximum atomic E-state index is 13.5. The van der Waals surface area contributed by atoms with Crippen LogP contribution >= 0.6 is 0 Å². The Bertz CT molecular complexity index is 513. The fraction of sp³-hybridized carbons (Fsp3) is 0.467. The average Bonchev–Trinajstić information content (AvgIpc) is 2.47. The summed E-state index contributed by atoms with van der Waals surface area (Å²) in [5.74, 6) is -1.71. The lowest BCUT2D eigenvalue weighted by Crippen LogP contribution is -2.45. The van der Waals surface area contributed by atoms with E-state index in [1.165, 1.54) is 12.1 Å². The minimum Gasteiger partial charge on any atom is -0.481 e. The highest BCUT2D eigenvalue weighted by Gasteiger charge is 2.22. The van der Waals surface area contributed by atoms with Crippen molar-refractivity contribution in [3.05, 3.63) is 35.6 Å². The Labute approximate surface area is 122 Å². The summed E-state index contributed by atoms with van der Waals surface area (Å²) in [5.41, 5.74) is 0.0609. The van der Waals surface area contributed by atoms with Crippen LogP contribution in [0.5, 0.6) is 0 Å². The Hall–Kier alpha value is -1.95. The van der Waals surface area contributed by atoms with E-state index in [0.29, 0.717) is 6.54 Å². The number of carboxylic acid groups (broad SMARTS) is 1. The van der Waals surface area contributed by atoms with Gasteiger partial charge in [-0.1, -0.05) is 12.1 Å². The summed E-state index contributed by atoms with van der Waals surface area (Å²) in [6.45, 7) is 2.02. The zero-order valence-corrected chi connectivity index (χ0v) is 11.7. The van der Waals surface area contributed by atoms with Gasteiger partial charge in [0.15, 0.2) is 0 Å². The van der Waals surface area contributed by atoms with Crippen molar-refractivity contribution in [2.75, 3.05) is 19.6 Å². The Kier molecular flexibility index (Phi) is 5.27. The van der Waals surface area contributed by atoms with Gasteiger partial charge in [0.2, 0.25) is 0 Å². The number of carboxylic acids is 1. The third-order valence-electron chi connectivity index (χ3n) is 3.68. The first-order valence-electron chi connectivity index (χ1n) is 7.06. The zero-order chi connectivity index (χ0) is 15.2. The Balaban J connectivity index is 1.80. The van der Waals surface area contributed by atoms with E-state index in [1.54, 1.807) is 12.1 Å². The summed E-state index contributed by atoms with van der Waals surface area (Å²) >= 11 is 0. The third kappa shape index (κ3) is 4.53. The number of carbonyl (C=O) groups is 2. The van der Waals surface area contributed by atoms with E-state index in [0.717, 1.165) is 25.9 Å². The van der Waals surface area contributed by atoms with Gasteiger partial charge >= 0.3 is 5.97 Å². The molecule has 1 fully saturated rings. The molecule has 6 heteroatoms. The molecular formula is C15H19FN2O3. The number of likely N-dealkylation sites (tertiary alicyclic amines) is 1. The number of benzene rings is 1. The van der Waals surface area contributed by atoms with E-state index in [2.05, 4.69) is 10.2 Å². The zero-order valence-electron chi connectivity index (χ0n) is 11.7. The summed E-state index contributed by atoms with van der Waals surface area (Å²) in [4.78, 5) is 24.6. The molecule has 1 amide bonds. The number of hydrogen-bond acceptors (Lipinski definition) is 3. The van der Waals surface area contributed by atoms with Gasteiger partial charge in [-0.15, -0.1) is 0 Å². The fourth-order valence-corrected chi connectivity index (χ4v) is 2.46. The van der Waals surface area contributed by atoms with Gasteiger partial charge in [-0.05, 0) is 25.0 Å². The third-order valence-corrected chi connectivity index (χ3v) is 3.68. The Morgan fingerprint density at radius 2 is 1.95 bits per heavy atom. The molecule has 2 N–H and O–H groups in total. The van der Waals surface area contributed by atoms with Crippen LogP contribution in [0.25, 0.3) is 0 Å². The molecular weight excluding hydrogens is 275 g/mol. The van der Waals surface area contributed by atoms with Gasteiger partial charge in [0.1, 0.15) is 5.82 Å². The molecule has 1 aromatic rings. The van der Waals surface area contributed by atoms with Gasteiger partial charge < -0.3 is 15.3 Å². The average molecular weight is 294 g/mol. The highest BCUT2D eigenvalue weighted by atomic mass is 19.1. The molecule has 1 saturated heterocycles. The Morgan fingerprint density at radius 3 is 2.57 bits per heavy atom. The van der Waals surface area contributed by atoms with Crippen LogP contribution in [0.4, 0.5) is 4.39 Å².